The zero-order valence-electron chi connectivity index (χ0n) is 13.2. The second kappa shape index (κ2) is 6.76. The predicted molar refractivity (Wildman–Crippen MR) is 109 cm³/mol. The lowest BCUT2D eigenvalue weighted by molar-refractivity contribution is 0.368. The minimum absolute atomic E-state index is 0.0985. The third-order valence-corrected chi connectivity index (χ3v) is 5.60. The van der Waals surface area contributed by atoms with Gasteiger partial charge in [0.05, 0.1) is 25.1 Å². The first kappa shape index (κ1) is 17.1. The van der Waals surface area contributed by atoms with Crippen molar-refractivity contribution in [3.05, 3.63) is 66.3 Å². The third kappa shape index (κ3) is 2.88. The molecule has 2 aromatic heterocycles. The van der Waals surface area contributed by atoms with E-state index in [0.29, 0.717) is 24.7 Å². The van der Waals surface area contributed by atoms with Crippen LogP contribution in [0.15, 0.2) is 45.7 Å². The molecule has 7 heteroatoms. The van der Waals surface area contributed by atoms with Gasteiger partial charge in [-0.25, -0.2) is 9.38 Å². The molecule has 0 fully saturated rings. The highest BCUT2D eigenvalue weighted by atomic mass is 79.9. The van der Waals surface area contributed by atoms with E-state index in [0.717, 1.165) is 16.6 Å². The molecule has 0 spiro atoms. The van der Waals surface area contributed by atoms with Crippen molar-refractivity contribution in [2.24, 2.45) is 0 Å². The van der Waals surface area contributed by atoms with Crippen LogP contribution in [-0.4, -0.2) is 16.0 Å². The molecular formula is C19H10BrClN2O2S. The molecule has 0 saturated heterocycles. The molecule has 2 aromatic carbocycles. The van der Waals surface area contributed by atoms with Crippen molar-refractivity contribution in [2.75, 3.05) is 6.61 Å². The Bertz CT molecular complexity index is 1280. The van der Waals surface area contributed by atoms with Crippen LogP contribution in [0, 0.1) is 12.3 Å². The van der Waals surface area contributed by atoms with Crippen LogP contribution in [0.1, 0.15) is 5.56 Å². The second-order valence-electron chi connectivity index (χ2n) is 5.44. The average Bonchev–Trinajstić information content (AvgIpc) is 3.11. The van der Waals surface area contributed by atoms with Gasteiger partial charge in [-0.2, -0.15) is 0 Å². The van der Waals surface area contributed by atoms with Crippen LogP contribution in [0.25, 0.3) is 22.1 Å². The van der Waals surface area contributed by atoms with Crippen LogP contribution in [0.3, 0.4) is 0 Å². The van der Waals surface area contributed by atoms with E-state index in [4.69, 9.17) is 22.8 Å². The Morgan fingerprint density at radius 3 is 2.96 bits per heavy atom. The van der Waals surface area contributed by atoms with Gasteiger partial charge in [0.1, 0.15) is 6.61 Å². The summed E-state index contributed by atoms with van der Waals surface area (Å²) < 4.78 is 8.31. The van der Waals surface area contributed by atoms with Crippen molar-refractivity contribution in [1.29, 1.82) is 0 Å². The normalized spacial score (nSPS) is 12.0. The fourth-order valence-electron chi connectivity index (χ4n) is 2.68. The molecule has 0 radical (unpaired) electrons. The molecule has 0 bridgehead atoms. The van der Waals surface area contributed by atoms with Gasteiger partial charge in [-0.3, -0.25) is 4.79 Å². The zero-order chi connectivity index (χ0) is 18.3. The van der Waals surface area contributed by atoms with Gasteiger partial charge < -0.3 is 4.74 Å². The number of fused-ring (bicyclic) bond motifs is 3. The van der Waals surface area contributed by atoms with Crippen molar-refractivity contribution in [1.82, 2.24) is 9.38 Å². The molecule has 4 rings (SSSR count). The summed E-state index contributed by atoms with van der Waals surface area (Å²) in [4.78, 5) is 18.0. The quantitative estimate of drug-likeness (QED) is 0.450. The lowest BCUT2D eigenvalue weighted by atomic mass is 10.2. The number of hydrogen-bond donors (Lipinski definition) is 0. The first-order valence-corrected chi connectivity index (χ1v) is 9.54. The van der Waals surface area contributed by atoms with Crippen molar-refractivity contribution in [3.63, 3.8) is 0 Å². The van der Waals surface area contributed by atoms with Crippen molar-refractivity contribution >= 4 is 60.9 Å². The molecule has 0 atom stereocenters. The number of hydrogen-bond acceptors (Lipinski definition) is 4. The first-order chi connectivity index (χ1) is 12.6. The summed E-state index contributed by atoms with van der Waals surface area (Å²) in [5.41, 5.74) is 2.29. The van der Waals surface area contributed by atoms with Gasteiger partial charge in [0.25, 0.3) is 5.56 Å². The van der Waals surface area contributed by atoms with Gasteiger partial charge in [0.2, 0.25) is 0 Å². The predicted octanol–water partition coefficient (Wildman–Crippen LogP) is 3.88. The average molecular weight is 446 g/mol. The van der Waals surface area contributed by atoms with Gasteiger partial charge >= 0.3 is 0 Å². The van der Waals surface area contributed by atoms with Crippen LogP contribution in [-0.2, 0) is 0 Å². The number of ether oxygens (including phenoxy) is 1. The molecule has 0 saturated carbocycles. The molecule has 0 aliphatic heterocycles. The smallest absolute Gasteiger partial charge is 0.274 e. The summed E-state index contributed by atoms with van der Waals surface area (Å²) in [6.07, 6.45) is 7.00. The summed E-state index contributed by atoms with van der Waals surface area (Å²) >= 11 is 11.0. The molecule has 0 amide bonds. The van der Waals surface area contributed by atoms with E-state index in [-0.39, 0.29) is 12.2 Å². The molecule has 2 heterocycles. The number of rotatable bonds is 3. The fourth-order valence-corrected chi connectivity index (χ4v) is 4.65. The number of halogens is 2. The van der Waals surface area contributed by atoms with Gasteiger partial charge in [-0.1, -0.05) is 41.0 Å². The number of benzene rings is 2. The second-order valence-corrected chi connectivity index (χ2v) is 7.71. The summed E-state index contributed by atoms with van der Waals surface area (Å²) in [5.74, 6) is 2.88. The molecule has 4 nitrogen and oxygen atoms in total. The van der Waals surface area contributed by atoms with E-state index in [1.807, 2.05) is 30.3 Å². The molecule has 128 valence electrons. The fraction of sp³-hybridized carbons (Fsp3) is 0.0526. The Hall–Kier alpha value is -2.33. The van der Waals surface area contributed by atoms with Crippen LogP contribution in [0.2, 0.25) is 5.02 Å². The number of terminal acetylenes is 1. The van der Waals surface area contributed by atoms with E-state index in [1.165, 1.54) is 11.3 Å². The largest absolute Gasteiger partial charge is 0.478 e. The molecule has 0 aliphatic carbocycles. The van der Waals surface area contributed by atoms with E-state index in [2.05, 4.69) is 26.8 Å². The topological polar surface area (TPSA) is 43.6 Å². The van der Waals surface area contributed by atoms with Gasteiger partial charge in [0.15, 0.2) is 10.7 Å². The lowest BCUT2D eigenvalue weighted by Gasteiger charge is -2.08. The Morgan fingerprint density at radius 2 is 2.19 bits per heavy atom. The van der Waals surface area contributed by atoms with Crippen molar-refractivity contribution < 1.29 is 4.74 Å². The summed E-state index contributed by atoms with van der Waals surface area (Å²) in [7, 11) is 0. The van der Waals surface area contributed by atoms with E-state index >= 15 is 0 Å². The van der Waals surface area contributed by atoms with Gasteiger partial charge in [0, 0.05) is 0 Å². The van der Waals surface area contributed by atoms with Crippen molar-refractivity contribution in [3.8, 4) is 18.1 Å². The number of thiazole rings is 1. The highest BCUT2D eigenvalue weighted by molar-refractivity contribution is 9.10. The maximum Gasteiger partial charge on any atom is 0.274 e. The standard InChI is InChI=1S/C19H10BrClN2O2S/c1-2-7-25-17-12(20)8-11(9-13(17)21)10-16-18(24)23-15-6-4-3-5-14(15)22-19(23)26-16/h1,3-6,8-10H,7H2/b16-10-. The minimum Gasteiger partial charge on any atom is -0.478 e. The Labute approximate surface area is 165 Å². The number of aromatic nitrogens is 2. The van der Waals surface area contributed by atoms with Gasteiger partial charge in [-0.05, 0) is 51.8 Å². The number of nitrogens with zero attached hydrogens (tertiary/aromatic N) is 2. The molecule has 0 unspecified atom stereocenters. The Balaban J connectivity index is 1.85. The van der Waals surface area contributed by atoms with Crippen LogP contribution in [0.4, 0.5) is 0 Å². The highest BCUT2D eigenvalue weighted by Gasteiger charge is 2.12. The zero-order valence-corrected chi connectivity index (χ0v) is 16.4. The van der Waals surface area contributed by atoms with E-state index in [1.54, 1.807) is 16.5 Å². The molecular weight excluding hydrogens is 436 g/mol. The van der Waals surface area contributed by atoms with Crippen LogP contribution in [0.5, 0.6) is 5.75 Å². The van der Waals surface area contributed by atoms with E-state index in [9.17, 15) is 4.79 Å². The molecule has 0 aliphatic rings. The van der Waals surface area contributed by atoms with Crippen LogP contribution < -0.4 is 14.8 Å². The molecule has 26 heavy (non-hydrogen) atoms. The Morgan fingerprint density at radius 1 is 1.38 bits per heavy atom. The monoisotopic (exact) mass is 444 g/mol. The maximum absolute atomic E-state index is 12.8. The number of imidazole rings is 1. The molecule has 4 aromatic rings. The third-order valence-electron chi connectivity index (χ3n) is 3.76. The van der Waals surface area contributed by atoms with Crippen molar-refractivity contribution in [2.45, 2.75) is 0 Å². The number of para-hydroxylation sites is 2. The summed E-state index contributed by atoms with van der Waals surface area (Å²) in [5, 5.41) is 0.417. The van der Waals surface area contributed by atoms with E-state index < -0.39 is 0 Å². The Kier molecular flexibility index (Phi) is 4.45. The van der Waals surface area contributed by atoms with Crippen LogP contribution >= 0.6 is 38.9 Å². The maximum atomic E-state index is 12.8. The lowest BCUT2D eigenvalue weighted by Crippen LogP contribution is -2.22. The summed E-state index contributed by atoms with van der Waals surface area (Å²) in [6.45, 7) is 0.126. The first-order valence-electron chi connectivity index (χ1n) is 7.55. The van der Waals surface area contributed by atoms with Gasteiger partial charge in [-0.15, -0.1) is 6.42 Å². The SMILES string of the molecule is C#CCOc1c(Cl)cc(/C=c2\sc3nc4ccccc4n3c2=O)cc1Br. The molecule has 0 N–H and O–H groups in total. The highest BCUT2D eigenvalue weighted by Crippen LogP contribution is 2.34. The summed E-state index contributed by atoms with van der Waals surface area (Å²) in [6, 6.07) is 11.1. The minimum atomic E-state index is -0.0985.